The Bertz CT molecular complexity index is 148. The highest BCUT2D eigenvalue weighted by Crippen LogP contribution is 2.05. The van der Waals surface area contributed by atoms with Crippen molar-refractivity contribution < 1.29 is 10.9 Å². The van der Waals surface area contributed by atoms with Gasteiger partial charge in [-0.25, -0.2) is 0 Å². The summed E-state index contributed by atoms with van der Waals surface area (Å²) < 4.78 is 25.1. The van der Waals surface area contributed by atoms with Crippen LogP contribution >= 0.6 is 23.0 Å². The molecule has 0 heterocycles. The van der Waals surface area contributed by atoms with Crippen LogP contribution in [-0.2, 0) is 12.6 Å². The standard InChI is InChI=1S/C3H7IO3S/c1-3(2)8(5,6)7-4/h3H,1-2H3. The average Bonchev–Trinajstić information content (AvgIpc) is 1.67. The molecular weight excluding hydrogens is 243 g/mol. The summed E-state index contributed by atoms with van der Waals surface area (Å²) in [4.78, 5) is 0. The van der Waals surface area contributed by atoms with E-state index < -0.39 is 15.4 Å². The highest BCUT2D eigenvalue weighted by Gasteiger charge is 2.14. The Kier molecular flexibility index (Phi) is 3.21. The second-order valence-corrected chi connectivity index (χ2v) is 4.74. The number of hydrogen-bond donors (Lipinski definition) is 0. The van der Waals surface area contributed by atoms with Gasteiger partial charge in [-0.05, 0) is 13.8 Å². The van der Waals surface area contributed by atoms with Crippen molar-refractivity contribution >= 4 is 33.1 Å². The molecule has 0 rings (SSSR count). The Balaban J connectivity index is 4.17. The summed E-state index contributed by atoms with van der Waals surface area (Å²) in [5.74, 6) is 0. The Labute approximate surface area is 63.2 Å². The molecule has 0 aliphatic carbocycles. The molecular formula is C3H7IO3S. The lowest BCUT2D eigenvalue weighted by Crippen LogP contribution is -2.12. The lowest BCUT2D eigenvalue weighted by atomic mass is 10.6. The first-order valence-electron chi connectivity index (χ1n) is 2.04. The van der Waals surface area contributed by atoms with Crippen LogP contribution in [0.5, 0.6) is 0 Å². The van der Waals surface area contributed by atoms with Crippen LogP contribution in [0.1, 0.15) is 13.8 Å². The fourth-order valence-corrected chi connectivity index (χ4v) is 1.46. The van der Waals surface area contributed by atoms with E-state index in [4.69, 9.17) is 0 Å². The predicted octanol–water partition coefficient (Wildman–Crippen LogP) is 1.09. The summed E-state index contributed by atoms with van der Waals surface area (Å²) in [6, 6.07) is 0. The molecule has 0 fully saturated rings. The van der Waals surface area contributed by atoms with Gasteiger partial charge >= 0.3 is 0 Å². The average molecular weight is 250 g/mol. The van der Waals surface area contributed by atoms with Crippen molar-refractivity contribution in [1.29, 1.82) is 0 Å². The van der Waals surface area contributed by atoms with Crippen LogP contribution < -0.4 is 0 Å². The van der Waals surface area contributed by atoms with Gasteiger partial charge in [0.1, 0.15) is 23.0 Å². The molecule has 0 unspecified atom stereocenters. The maximum absolute atomic E-state index is 10.5. The van der Waals surface area contributed by atoms with Crippen molar-refractivity contribution in [2.45, 2.75) is 19.1 Å². The molecule has 0 saturated heterocycles. The first-order valence-corrected chi connectivity index (χ1v) is 4.40. The summed E-state index contributed by atoms with van der Waals surface area (Å²) in [6.07, 6.45) is 0. The van der Waals surface area contributed by atoms with Crippen LogP contribution in [-0.4, -0.2) is 13.7 Å². The number of halogens is 1. The van der Waals surface area contributed by atoms with E-state index in [1.54, 1.807) is 13.8 Å². The third-order valence-electron chi connectivity index (χ3n) is 0.665. The van der Waals surface area contributed by atoms with E-state index in [9.17, 15) is 8.42 Å². The quantitative estimate of drug-likeness (QED) is 0.689. The SMILES string of the molecule is CC(C)S(=O)(=O)OI. The van der Waals surface area contributed by atoms with Gasteiger partial charge in [-0.15, -0.1) is 0 Å². The molecule has 0 atom stereocenters. The minimum absolute atomic E-state index is 0.445. The molecule has 0 amide bonds. The van der Waals surface area contributed by atoms with Crippen molar-refractivity contribution in [3.63, 3.8) is 0 Å². The van der Waals surface area contributed by atoms with Gasteiger partial charge in [0.05, 0.1) is 5.25 Å². The minimum Gasteiger partial charge on any atom is -0.199 e. The van der Waals surface area contributed by atoms with Gasteiger partial charge in [0.2, 0.25) is 0 Å². The minimum atomic E-state index is -3.25. The second kappa shape index (κ2) is 2.98. The van der Waals surface area contributed by atoms with Crippen molar-refractivity contribution in [2.24, 2.45) is 0 Å². The van der Waals surface area contributed by atoms with Gasteiger partial charge < -0.3 is 0 Å². The van der Waals surface area contributed by atoms with E-state index in [0.717, 1.165) is 0 Å². The van der Waals surface area contributed by atoms with Crippen molar-refractivity contribution in [2.75, 3.05) is 0 Å². The summed E-state index contributed by atoms with van der Waals surface area (Å²) >= 11 is 1.36. The maximum atomic E-state index is 10.5. The smallest absolute Gasteiger partial charge is 0.199 e. The van der Waals surface area contributed by atoms with Crippen LogP contribution in [0.15, 0.2) is 0 Å². The van der Waals surface area contributed by atoms with E-state index in [0.29, 0.717) is 0 Å². The zero-order chi connectivity index (χ0) is 6.78. The van der Waals surface area contributed by atoms with Crippen LogP contribution in [0.25, 0.3) is 0 Å². The summed E-state index contributed by atoms with van der Waals surface area (Å²) in [5.41, 5.74) is 0. The Morgan fingerprint density at radius 2 is 1.88 bits per heavy atom. The van der Waals surface area contributed by atoms with Gasteiger partial charge in [0.15, 0.2) is 0 Å². The topological polar surface area (TPSA) is 43.4 Å². The van der Waals surface area contributed by atoms with E-state index >= 15 is 0 Å². The van der Waals surface area contributed by atoms with Crippen LogP contribution in [0.2, 0.25) is 0 Å². The fourth-order valence-electron chi connectivity index (χ4n) is 0.0727. The van der Waals surface area contributed by atoms with Gasteiger partial charge in [-0.2, -0.15) is 10.9 Å². The highest BCUT2D eigenvalue weighted by molar-refractivity contribution is 14.1. The molecule has 0 aliphatic rings. The molecule has 5 heteroatoms. The molecule has 3 nitrogen and oxygen atoms in total. The van der Waals surface area contributed by atoms with E-state index in [1.807, 2.05) is 0 Å². The molecule has 0 aromatic carbocycles. The summed E-state index contributed by atoms with van der Waals surface area (Å²) in [7, 11) is -3.25. The monoisotopic (exact) mass is 250 g/mol. The third-order valence-corrected chi connectivity index (χ3v) is 3.50. The molecule has 0 bridgehead atoms. The first-order chi connectivity index (χ1) is 3.50. The zero-order valence-electron chi connectivity index (χ0n) is 4.59. The Hall–Kier alpha value is 0.640. The second-order valence-electron chi connectivity index (χ2n) is 1.60. The third kappa shape index (κ3) is 2.27. The molecule has 0 aromatic heterocycles. The molecule has 0 aromatic rings. The molecule has 0 radical (unpaired) electrons. The van der Waals surface area contributed by atoms with Crippen molar-refractivity contribution in [1.82, 2.24) is 0 Å². The zero-order valence-corrected chi connectivity index (χ0v) is 7.56. The number of hydrogen-bond acceptors (Lipinski definition) is 3. The Morgan fingerprint density at radius 1 is 1.50 bits per heavy atom. The fraction of sp³-hybridized carbons (Fsp3) is 1.00. The van der Waals surface area contributed by atoms with Crippen LogP contribution in [0, 0.1) is 0 Å². The highest BCUT2D eigenvalue weighted by atomic mass is 127. The largest absolute Gasteiger partial charge is 0.278 e. The number of rotatable bonds is 2. The van der Waals surface area contributed by atoms with Crippen LogP contribution in [0.4, 0.5) is 0 Å². The van der Waals surface area contributed by atoms with Gasteiger partial charge in [0.25, 0.3) is 10.1 Å². The van der Waals surface area contributed by atoms with Crippen LogP contribution in [0.3, 0.4) is 0 Å². The van der Waals surface area contributed by atoms with E-state index in [2.05, 4.69) is 2.51 Å². The lowest BCUT2D eigenvalue weighted by molar-refractivity contribution is 0.526. The molecule has 8 heavy (non-hydrogen) atoms. The normalized spacial score (nSPS) is 12.5. The van der Waals surface area contributed by atoms with Crippen molar-refractivity contribution in [3.8, 4) is 0 Å². The van der Waals surface area contributed by atoms with Gasteiger partial charge in [0, 0.05) is 0 Å². The van der Waals surface area contributed by atoms with E-state index in [-0.39, 0.29) is 0 Å². The van der Waals surface area contributed by atoms with Gasteiger partial charge in [-0.3, -0.25) is 0 Å². The Morgan fingerprint density at radius 3 is 1.88 bits per heavy atom. The van der Waals surface area contributed by atoms with E-state index in [1.165, 1.54) is 23.0 Å². The molecule has 0 spiro atoms. The molecule has 0 saturated carbocycles. The molecule has 50 valence electrons. The van der Waals surface area contributed by atoms with Crippen molar-refractivity contribution in [3.05, 3.63) is 0 Å². The summed E-state index contributed by atoms with van der Waals surface area (Å²) in [6.45, 7) is 3.13. The van der Waals surface area contributed by atoms with Gasteiger partial charge in [-0.1, -0.05) is 0 Å². The lowest BCUT2D eigenvalue weighted by Gasteiger charge is -1.99. The first kappa shape index (κ1) is 8.64. The predicted molar refractivity (Wildman–Crippen MR) is 39.2 cm³/mol. The molecule has 0 N–H and O–H groups in total. The summed E-state index contributed by atoms with van der Waals surface area (Å²) in [5, 5.41) is -0.445. The molecule has 0 aliphatic heterocycles. The maximum Gasteiger partial charge on any atom is 0.278 e.